The minimum Gasteiger partial charge on any atom is -0.368 e. The van der Waals surface area contributed by atoms with Crippen LogP contribution in [0.4, 0.5) is 10.1 Å². The van der Waals surface area contributed by atoms with E-state index in [0.29, 0.717) is 25.2 Å². The van der Waals surface area contributed by atoms with Crippen LogP contribution in [0.3, 0.4) is 0 Å². The molecule has 0 amide bonds. The Balaban J connectivity index is 2.93. The van der Waals surface area contributed by atoms with Gasteiger partial charge in [0.25, 0.3) is 0 Å². The van der Waals surface area contributed by atoms with Crippen LogP contribution in [0.5, 0.6) is 0 Å². The number of nitrogens with two attached hydrogens (primary N) is 1. The molecule has 4 heteroatoms. The van der Waals surface area contributed by atoms with Gasteiger partial charge >= 0.3 is 0 Å². The average molecular weight is 235 g/mol. The molecule has 1 atom stereocenters. The van der Waals surface area contributed by atoms with Crippen molar-refractivity contribution in [2.75, 3.05) is 18.0 Å². The third-order valence-corrected chi connectivity index (χ3v) is 2.71. The van der Waals surface area contributed by atoms with Gasteiger partial charge in [0, 0.05) is 19.1 Å². The van der Waals surface area contributed by atoms with Gasteiger partial charge in [-0.2, -0.15) is 5.26 Å². The maximum atomic E-state index is 13.9. The van der Waals surface area contributed by atoms with Crippen molar-refractivity contribution < 1.29 is 4.39 Å². The highest BCUT2D eigenvalue weighted by molar-refractivity contribution is 5.49. The van der Waals surface area contributed by atoms with E-state index in [0.717, 1.165) is 5.56 Å². The molecular formula is C13H18FN3. The fraction of sp³-hybridized carbons (Fsp3) is 0.462. The van der Waals surface area contributed by atoms with Crippen molar-refractivity contribution in [2.45, 2.75) is 26.3 Å². The Bertz CT molecular complexity index is 410. The number of nitrogens with zero attached hydrogens (tertiary/aromatic N) is 2. The molecule has 1 rings (SSSR count). The fourth-order valence-corrected chi connectivity index (χ4v) is 1.70. The summed E-state index contributed by atoms with van der Waals surface area (Å²) in [7, 11) is 0. The predicted molar refractivity (Wildman–Crippen MR) is 67.1 cm³/mol. The number of anilines is 1. The Hall–Kier alpha value is -1.60. The van der Waals surface area contributed by atoms with Crippen LogP contribution in [0.1, 0.15) is 31.9 Å². The Morgan fingerprint density at radius 3 is 2.71 bits per heavy atom. The van der Waals surface area contributed by atoms with Crippen molar-refractivity contribution in [3.05, 3.63) is 29.6 Å². The van der Waals surface area contributed by atoms with Crippen LogP contribution in [0.2, 0.25) is 0 Å². The first-order valence-electron chi connectivity index (χ1n) is 5.77. The molecule has 0 aromatic heterocycles. The normalized spacial score (nSPS) is 11.9. The van der Waals surface area contributed by atoms with E-state index in [1.54, 1.807) is 6.07 Å². The first-order chi connectivity index (χ1) is 8.10. The smallest absolute Gasteiger partial charge is 0.146 e. The maximum absolute atomic E-state index is 13.9. The van der Waals surface area contributed by atoms with Crippen molar-refractivity contribution in [3.63, 3.8) is 0 Å². The topological polar surface area (TPSA) is 53.0 Å². The molecule has 0 fully saturated rings. The number of benzene rings is 1. The minimum atomic E-state index is -0.278. The summed E-state index contributed by atoms with van der Waals surface area (Å²) in [4.78, 5) is 1.85. The van der Waals surface area contributed by atoms with Gasteiger partial charge in [-0.05, 0) is 31.5 Å². The predicted octanol–water partition coefficient (Wildman–Crippen LogP) is 2.59. The van der Waals surface area contributed by atoms with Crippen molar-refractivity contribution in [1.82, 2.24) is 0 Å². The van der Waals surface area contributed by atoms with E-state index in [1.807, 2.05) is 24.8 Å². The van der Waals surface area contributed by atoms with E-state index in [4.69, 9.17) is 11.0 Å². The van der Waals surface area contributed by atoms with Gasteiger partial charge in [0.15, 0.2) is 0 Å². The van der Waals surface area contributed by atoms with Gasteiger partial charge in [-0.3, -0.25) is 0 Å². The van der Waals surface area contributed by atoms with E-state index < -0.39 is 0 Å². The number of hydrogen-bond donors (Lipinski definition) is 1. The molecule has 0 spiro atoms. The summed E-state index contributed by atoms with van der Waals surface area (Å²) in [6.45, 7) is 4.98. The molecular weight excluding hydrogens is 217 g/mol. The lowest BCUT2D eigenvalue weighted by Gasteiger charge is -2.23. The molecule has 92 valence electrons. The summed E-state index contributed by atoms with van der Waals surface area (Å²) < 4.78 is 13.9. The number of halogens is 1. The molecule has 2 N–H and O–H groups in total. The lowest BCUT2D eigenvalue weighted by molar-refractivity contribution is 0.613. The van der Waals surface area contributed by atoms with E-state index in [9.17, 15) is 4.39 Å². The first-order valence-corrected chi connectivity index (χ1v) is 5.77. The maximum Gasteiger partial charge on any atom is 0.146 e. The second-order valence-electron chi connectivity index (χ2n) is 3.99. The van der Waals surface area contributed by atoms with E-state index >= 15 is 0 Å². The second-order valence-corrected chi connectivity index (χ2v) is 3.99. The molecule has 0 aliphatic heterocycles. The van der Waals surface area contributed by atoms with Crippen molar-refractivity contribution in [2.24, 2.45) is 5.73 Å². The molecule has 1 aromatic rings. The summed E-state index contributed by atoms with van der Waals surface area (Å²) >= 11 is 0. The largest absolute Gasteiger partial charge is 0.368 e. The van der Waals surface area contributed by atoms with E-state index in [2.05, 4.69) is 6.07 Å². The number of nitriles is 1. The molecule has 3 nitrogen and oxygen atoms in total. The van der Waals surface area contributed by atoms with Gasteiger partial charge in [0.1, 0.15) is 5.82 Å². The van der Waals surface area contributed by atoms with Crippen molar-refractivity contribution in [1.29, 1.82) is 5.26 Å². The molecule has 1 aromatic carbocycles. The zero-order valence-electron chi connectivity index (χ0n) is 10.3. The Labute approximate surface area is 102 Å². The van der Waals surface area contributed by atoms with Crippen molar-refractivity contribution >= 4 is 5.69 Å². The van der Waals surface area contributed by atoms with Gasteiger partial charge in [0.2, 0.25) is 0 Å². The third-order valence-electron chi connectivity index (χ3n) is 2.71. The highest BCUT2D eigenvalue weighted by Crippen LogP contribution is 2.22. The van der Waals surface area contributed by atoms with Crippen LogP contribution in [0.25, 0.3) is 0 Å². The Morgan fingerprint density at radius 2 is 2.24 bits per heavy atom. The molecule has 17 heavy (non-hydrogen) atoms. The molecule has 0 radical (unpaired) electrons. The standard InChI is InChI=1S/C13H18FN3/c1-3-17(8-4-7-15)13-6-5-11(10(2)16)9-12(13)14/h5-6,9-10H,3-4,8,16H2,1-2H3. The summed E-state index contributed by atoms with van der Waals surface area (Å²) in [6.07, 6.45) is 0.391. The molecule has 0 saturated carbocycles. The molecule has 0 bridgehead atoms. The van der Waals surface area contributed by atoms with Crippen LogP contribution in [-0.4, -0.2) is 13.1 Å². The molecule has 0 heterocycles. The van der Waals surface area contributed by atoms with Gasteiger partial charge in [-0.15, -0.1) is 0 Å². The monoisotopic (exact) mass is 235 g/mol. The van der Waals surface area contributed by atoms with Gasteiger partial charge < -0.3 is 10.6 Å². The third kappa shape index (κ3) is 3.43. The lowest BCUT2D eigenvalue weighted by Crippen LogP contribution is -2.24. The van der Waals surface area contributed by atoms with Crippen LogP contribution in [0.15, 0.2) is 18.2 Å². The van der Waals surface area contributed by atoms with Crippen LogP contribution in [0, 0.1) is 17.1 Å². The molecule has 0 saturated heterocycles. The van der Waals surface area contributed by atoms with Crippen molar-refractivity contribution in [3.8, 4) is 6.07 Å². The first kappa shape index (κ1) is 13.5. The fourth-order valence-electron chi connectivity index (χ4n) is 1.70. The van der Waals surface area contributed by atoms with Gasteiger partial charge in [-0.25, -0.2) is 4.39 Å². The highest BCUT2D eigenvalue weighted by Gasteiger charge is 2.11. The summed E-state index contributed by atoms with van der Waals surface area (Å²) in [6, 6.07) is 6.92. The zero-order chi connectivity index (χ0) is 12.8. The summed E-state index contributed by atoms with van der Waals surface area (Å²) in [5, 5.41) is 8.56. The molecule has 0 aliphatic rings. The van der Waals surface area contributed by atoms with Gasteiger partial charge in [-0.1, -0.05) is 6.07 Å². The summed E-state index contributed by atoms with van der Waals surface area (Å²) in [5.74, 6) is -0.278. The second kappa shape index (κ2) is 6.21. The van der Waals surface area contributed by atoms with Crippen LogP contribution >= 0.6 is 0 Å². The van der Waals surface area contributed by atoms with Crippen LogP contribution < -0.4 is 10.6 Å². The average Bonchev–Trinajstić information content (AvgIpc) is 2.31. The van der Waals surface area contributed by atoms with E-state index in [-0.39, 0.29) is 11.9 Å². The van der Waals surface area contributed by atoms with Crippen LogP contribution in [-0.2, 0) is 0 Å². The van der Waals surface area contributed by atoms with Gasteiger partial charge in [0.05, 0.1) is 18.2 Å². The Kier molecular flexibility index (Phi) is 4.92. The minimum absolute atomic E-state index is 0.173. The number of hydrogen-bond acceptors (Lipinski definition) is 3. The molecule has 0 aliphatic carbocycles. The Morgan fingerprint density at radius 1 is 1.53 bits per heavy atom. The van der Waals surface area contributed by atoms with E-state index in [1.165, 1.54) is 6.07 Å². The quantitative estimate of drug-likeness (QED) is 0.853. The number of rotatable bonds is 5. The zero-order valence-corrected chi connectivity index (χ0v) is 10.3. The SMILES string of the molecule is CCN(CCC#N)c1ccc(C(C)N)cc1F. The highest BCUT2D eigenvalue weighted by atomic mass is 19.1. The summed E-state index contributed by atoms with van der Waals surface area (Å²) in [5.41, 5.74) is 7.01. The molecule has 1 unspecified atom stereocenters. The lowest BCUT2D eigenvalue weighted by atomic mass is 10.1.